The van der Waals surface area contributed by atoms with Gasteiger partial charge in [-0.1, -0.05) is 109 Å². The summed E-state index contributed by atoms with van der Waals surface area (Å²) in [4.78, 5) is 12.1. The predicted molar refractivity (Wildman–Crippen MR) is 111 cm³/mol. The number of carbonyl (C=O) groups is 1. The van der Waals surface area contributed by atoms with E-state index in [0.717, 1.165) is 12.8 Å². The van der Waals surface area contributed by atoms with Crippen molar-refractivity contribution in [3.63, 3.8) is 0 Å². The Hall–Kier alpha value is -0.440. The number of hydrogen-bond donors (Lipinski definition) is 1. The molecular weight excluding hydrogens is 314 g/mol. The van der Waals surface area contributed by atoms with Gasteiger partial charge in [0, 0.05) is 6.42 Å². The number of hydrogen-bond acceptors (Lipinski definition) is 2. The average Bonchev–Trinajstić information content (AvgIpc) is 2.57. The first-order chi connectivity index (χ1) is 11.6. The van der Waals surface area contributed by atoms with Crippen molar-refractivity contribution < 1.29 is 4.79 Å². The quantitative estimate of drug-likeness (QED) is 0.219. The molecular formula is C21H41NOS. The van der Waals surface area contributed by atoms with Gasteiger partial charge in [0.2, 0.25) is 0 Å². The number of rotatable bonds is 18. The molecule has 0 aromatic carbocycles. The third-order valence-electron chi connectivity index (χ3n) is 4.94. The standard InChI is InChI=1S/C21H41NOS/c1-3-4-5-6-7-8-9-10-11-12-13-14-15-16-17-18-20(23)19(2)21(22)24/h19H,3-18H2,1-2H3,(H2,22,24). The highest BCUT2D eigenvalue weighted by Gasteiger charge is 2.14. The second-order valence-corrected chi connectivity index (χ2v) is 7.76. The third kappa shape index (κ3) is 15.1. The Kier molecular flexibility index (Phi) is 17.1. The van der Waals surface area contributed by atoms with Gasteiger partial charge in [-0.15, -0.1) is 0 Å². The summed E-state index contributed by atoms with van der Waals surface area (Å²) in [6.07, 6.45) is 20.8. The van der Waals surface area contributed by atoms with Gasteiger partial charge >= 0.3 is 0 Å². The molecule has 0 aliphatic heterocycles. The maximum atomic E-state index is 11.8. The number of Topliss-reactive ketones (excluding diaryl/α,β-unsaturated/α-hetero) is 1. The van der Waals surface area contributed by atoms with Crippen LogP contribution in [0, 0.1) is 5.92 Å². The molecule has 24 heavy (non-hydrogen) atoms. The van der Waals surface area contributed by atoms with Crippen LogP contribution in [0.15, 0.2) is 0 Å². The average molecular weight is 356 g/mol. The SMILES string of the molecule is CCCCCCCCCCCCCCCCCC(=O)C(C)C(N)=S. The zero-order valence-electron chi connectivity index (χ0n) is 16.3. The molecule has 0 aliphatic rings. The summed E-state index contributed by atoms with van der Waals surface area (Å²) in [7, 11) is 0. The maximum absolute atomic E-state index is 11.8. The highest BCUT2D eigenvalue weighted by atomic mass is 32.1. The molecule has 1 unspecified atom stereocenters. The van der Waals surface area contributed by atoms with Gasteiger partial charge in [0.05, 0.1) is 10.9 Å². The Balaban J connectivity index is 3.18. The van der Waals surface area contributed by atoms with Crippen LogP contribution in [0.4, 0.5) is 0 Å². The molecule has 1 atom stereocenters. The van der Waals surface area contributed by atoms with Crippen molar-refractivity contribution in [2.75, 3.05) is 0 Å². The van der Waals surface area contributed by atoms with Gasteiger partial charge in [-0.2, -0.15) is 0 Å². The lowest BCUT2D eigenvalue weighted by Crippen LogP contribution is -2.25. The van der Waals surface area contributed by atoms with Gasteiger partial charge in [0.15, 0.2) is 0 Å². The fourth-order valence-electron chi connectivity index (χ4n) is 3.05. The first-order valence-electron chi connectivity index (χ1n) is 10.4. The molecule has 0 heterocycles. The molecule has 0 aromatic heterocycles. The molecule has 0 aliphatic carbocycles. The van der Waals surface area contributed by atoms with Crippen molar-refractivity contribution in [1.82, 2.24) is 0 Å². The summed E-state index contributed by atoms with van der Waals surface area (Å²) in [6, 6.07) is 0. The summed E-state index contributed by atoms with van der Waals surface area (Å²) in [5, 5.41) is 0. The van der Waals surface area contributed by atoms with E-state index in [-0.39, 0.29) is 11.7 Å². The molecule has 0 fully saturated rings. The molecule has 3 heteroatoms. The van der Waals surface area contributed by atoms with Gasteiger partial charge in [-0.3, -0.25) is 4.79 Å². The number of ketones is 1. The largest absolute Gasteiger partial charge is 0.393 e. The normalized spacial score (nSPS) is 12.2. The van der Waals surface area contributed by atoms with Crippen molar-refractivity contribution in [3.05, 3.63) is 0 Å². The number of unbranched alkanes of at least 4 members (excludes halogenated alkanes) is 14. The summed E-state index contributed by atoms with van der Waals surface area (Å²) in [5.41, 5.74) is 5.50. The fourth-order valence-corrected chi connectivity index (χ4v) is 3.18. The minimum atomic E-state index is -0.244. The first-order valence-corrected chi connectivity index (χ1v) is 10.8. The number of thiocarbonyl (C=S) groups is 1. The van der Waals surface area contributed by atoms with Crippen LogP contribution < -0.4 is 5.73 Å². The zero-order valence-corrected chi connectivity index (χ0v) is 17.1. The molecule has 0 aromatic rings. The molecule has 0 amide bonds. The molecule has 0 saturated heterocycles. The van der Waals surface area contributed by atoms with Crippen LogP contribution in [0.2, 0.25) is 0 Å². The molecule has 0 radical (unpaired) electrons. The highest BCUT2D eigenvalue weighted by molar-refractivity contribution is 7.80. The molecule has 0 spiro atoms. The molecule has 0 bridgehead atoms. The van der Waals surface area contributed by atoms with Gasteiger partial charge in [-0.25, -0.2) is 0 Å². The summed E-state index contributed by atoms with van der Waals surface area (Å²) < 4.78 is 0. The smallest absolute Gasteiger partial charge is 0.142 e. The summed E-state index contributed by atoms with van der Waals surface area (Å²) >= 11 is 4.86. The number of nitrogens with two attached hydrogens (primary N) is 1. The Morgan fingerprint density at radius 1 is 0.750 bits per heavy atom. The van der Waals surface area contributed by atoms with Crippen molar-refractivity contribution in [1.29, 1.82) is 0 Å². The minimum Gasteiger partial charge on any atom is -0.393 e. The van der Waals surface area contributed by atoms with Gasteiger partial charge in [0.25, 0.3) is 0 Å². The lowest BCUT2D eigenvalue weighted by molar-refractivity contribution is -0.120. The van der Waals surface area contributed by atoms with Crippen LogP contribution in [0.25, 0.3) is 0 Å². The van der Waals surface area contributed by atoms with Crippen LogP contribution in [0.1, 0.15) is 117 Å². The van der Waals surface area contributed by atoms with E-state index in [2.05, 4.69) is 6.92 Å². The van der Waals surface area contributed by atoms with Crippen LogP contribution in [0.3, 0.4) is 0 Å². The van der Waals surface area contributed by atoms with E-state index in [1.54, 1.807) is 0 Å². The molecule has 0 rings (SSSR count). The first kappa shape index (κ1) is 23.6. The highest BCUT2D eigenvalue weighted by Crippen LogP contribution is 2.14. The predicted octanol–water partition coefficient (Wildman–Crippen LogP) is 6.74. The van der Waals surface area contributed by atoms with E-state index in [1.807, 2.05) is 6.92 Å². The van der Waals surface area contributed by atoms with Crippen LogP contribution in [0.5, 0.6) is 0 Å². The third-order valence-corrected chi connectivity index (χ3v) is 5.29. The summed E-state index contributed by atoms with van der Waals surface area (Å²) in [6.45, 7) is 4.09. The van der Waals surface area contributed by atoms with Crippen molar-refractivity contribution in [3.8, 4) is 0 Å². The van der Waals surface area contributed by atoms with Crippen LogP contribution in [-0.4, -0.2) is 10.8 Å². The second kappa shape index (κ2) is 17.4. The van der Waals surface area contributed by atoms with Gasteiger partial charge in [0.1, 0.15) is 5.78 Å². The fraction of sp³-hybridized carbons (Fsp3) is 0.905. The second-order valence-electron chi connectivity index (χ2n) is 7.29. The topological polar surface area (TPSA) is 43.1 Å². The van der Waals surface area contributed by atoms with Crippen LogP contribution >= 0.6 is 12.2 Å². The van der Waals surface area contributed by atoms with E-state index >= 15 is 0 Å². The molecule has 0 saturated carbocycles. The molecule has 2 nitrogen and oxygen atoms in total. The van der Waals surface area contributed by atoms with Crippen molar-refractivity contribution in [2.45, 2.75) is 117 Å². The Morgan fingerprint density at radius 3 is 1.42 bits per heavy atom. The maximum Gasteiger partial charge on any atom is 0.142 e. The molecule has 142 valence electrons. The van der Waals surface area contributed by atoms with E-state index in [4.69, 9.17) is 18.0 Å². The Morgan fingerprint density at radius 2 is 1.08 bits per heavy atom. The zero-order chi connectivity index (χ0) is 18.0. The van der Waals surface area contributed by atoms with E-state index in [9.17, 15) is 4.79 Å². The van der Waals surface area contributed by atoms with Crippen LogP contribution in [-0.2, 0) is 4.79 Å². The minimum absolute atomic E-state index is 0.206. The monoisotopic (exact) mass is 355 g/mol. The Labute approximate surface area is 156 Å². The van der Waals surface area contributed by atoms with Crippen molar-refractivity contribution in [2.24, 2.45) is 11.7 Å². The number of carbonyl (C=O) groups excluding carboxylic acids is 1. The van der Waals surface area contributed by atoms with E-state index in [1.165, 1.54) is 83.5 Å². The summed E-state index contributed by atoms with van der Waals surface area (Å²) in [5.74, 6) is -0.0381. The van der Waals surface area contributed by atoms with E-state index < -0.39 is 0 Å². The lowest BCUT2D eigenvalue weighted by atomic mass is 10.00. The van der Waals surface area contributed by atoms with Gasteiger partial charge in [-0.05, 0) is 13.3 Å². The lowest BCUT2D eigenvalue weighted by Gasteiger charge is -2.08. The van der Waals surface area contributed by atoms with E-state index in [0.29, 0.717) is 11.4 Å². The van der Waals surface area contributed by atoms with Gasteiger partial charge < -0.3 is 5.73 Å². The van der Waals surface area contributed by atoms with Crippen molar-refractivity contribution >= 4 is 23.0 Å². The molecule has 2 N–H and O–H groups in total. The Bertz CT molecular complexity index is 317.